The topological polar surface area (TPSA) is 96.2 Å². The lowest BCUT2D eigenvalue weighted by Gasteiger charge is -2.22. The molecular formula is C35H64O6. The number of cyclic esters (lactones) is 1. The highest BCUT2D eigenvalue weighted by Crippen LogP contribution is 2.28. The molecule has 0 aromatic carbocycles. The van der Waals surface area contributed by atoms with Gasteiger partial charge in [0.1, 0.15) is 6.10 Å². The molecule has 6 nitrogen and oxygen atoms in total. The zero-order valence-corrected chi connectivity index (χ0v) is 26.6. The fraction of sp³-hybridized carbons (Fsp3) is 0.914. The quantitative estimate of drug-likeness (QED) is 0.0707. The van der Waals surface area contributed by atoms with Crippen LogP contribution in [0.15, 0.2) is 11.6 Å². The molecule has 2 heterocycles. The highest BCUT2D eigenvalue weighted by Gasteiger charge is 2.31. The minimum absolute atomic E-state index is 0.0724. The molecule has 0 radical (unpaired) electrons. The lowest BCUT2D eigenvalue weighted by atomic mass is 9.97. The van der Waals surface area contributed by atoms with Gasteiger partial charge in [-0.05, 0) is 64.4 Å². The molecule has 3 N–H and O–H groups in total. The van der Waals surface area contributed by atoms with Crippen molar-refractivity contribution in [2.75, 3.05) is 0 Å². The highest BCUT2D eigenvalue weighted by molar-refractivity contribution is 5.90. The maximum Gasteiger partial charge on any atom is 0.334 e. The van der Waals surface area contributed by atoms with Gasteiger partial charge in [0.2, 0.25) is 0 Å². The Morgan fingerprint density at radius 1 is 0.732 bits per heavy atom. The molecule has 240 valence electrons. The van der Waals surface area contributed by atoms with Crippen LogP contribution >= 0.6 is 0 Å². The zero-order chi connectivity index (χ0) is 29.7. The maximum atomic E-state index is 11.6. The van der Waals surface area contributed by atoms with Gasteiger partial charge in [0, 0.05) is 5.57 Å². The summed E-state index contributed by atoms with van der Waals surface area (Å²) in [4.78, 5) is 11.6. The summed E-state index contributed by atoms with van der Waals surface area (Å²) in [5.74, 6) is -0.145. The first-order chi connectivity index (χ1) is 19.9. The first-order valence-corrected chi connectivity index (χ1v) is 17.5. The van der Waals surface area contributed by atoms with Crippen LogP contribution in [0.5, 0.6) is 0 Å². The van der Waals surface area contributed by atoms with Crippen LogP contribution in [-0.4, -0.2) is 57.9 Å². The van der Waals surface area contributed by atoms with E-state index in [1.807, 2.05) is 13.0 Å². The Hall–Kier alpha value is -0.950. The molecule has 2 aliphatic rings. The molecule has 2 rings (SSSR count). The number of carbonyl (C=O) groups is 1. The van der Waals surface area contributed by atoms with Crippen molar-refractivity contribution in [2.24, 2.45) is 0 Å². The normalized spacial score (nSPS) is 23.0. The number of aliphatic hydroxyl groups is 3. The van der Waals surface area contributed by atoms with Crippen molar-refractivity contribution in [3.8, 4) is 0 Å². The predicted octanol–water partition coefficient (Wildman–Crippen LogP) is 8.09. The van der Waals surface area contributed by atoms with Gasteiger partial charge in [-0.1, -0.05) is 110 Å². The molecule has 6 heteroatoms. The molecule has 0 bridgehead atoms. The van der Waals surface area contributed by atoms with Crippen molar-refractivity contribution in [1.82, 2.24) is 0 Å². The Morgan fingerprint density at radius 3 is 1.90 bits per heavy atom. The van der Waals surface area contributed by atoms with E-state index in [0.717, 1.165) is 76.2 Å². The van der Waals surface area contributed by atoms with Gasteiger partial charge >= 0.3 is 5.97 Å². The lowest BCUT2D eigenvalue weighted by molar-refractivity contribution is -0.139. The van der Waals surface area contributed by atoms with Gasteiger partial charge in [-0.25, -0.2) is 4.79 Å². The van der Waals surface area contributed by atoms with Crippen molar-refractivity contribution < 1.29 is 29.6 Å². The summed E-state index contributed by atoms with van der Waals surface area (Å²) < 4.78 is 11.3. The van der Waals surface area contributed by atoms with Gasteiger partial charge in [0.25, 0.3) is 0 Å². The van der Waals surface area contributed by atoms with Gasteiger partial charge < -0.3 is 24.8 Å². The molecule has 0 saturated carbocycles. The van der Waals surface area contributed by atoms with Gasteiger partial charge in [0.15, 0.2) is 0 Å². The monoisotopic (exact) mass is 580 g/mol. The molecule has 2 aliphatic heterocycles. The zero-order valence-electron chi connectivity index (χ0n) is 26.6. The standard InChI is InChI=1S/C35H64O6/c1-3-4-5-6-7-8-9-10-11-12-16-19-22-31(36)32(37)24-25-33(38)34-26-23-30(41-34)21-18-15-13-14-17-20-29-27-28(2)40-35(29)39/h27-28,30-34,36-38H,3-26H2,1-2H3. The highest BCUT2D eigenvalue weighted by atomic mass is 16.5. The summed E-state index contributed by atoms with van der Waals surface area (Å²) in [7, 11) is 0. The number of aliphatic hydroxyl groups excluding tert-OH is 3. The first kappa shape index (κ1) is 36.2. The van der Waals surface area contributed by atoms with E-state index < -0.39 is 18.3 Å². The van der Waals surface area contributed by atoms with Crippen LogP contribution < -0.4 is 0 Å². The molecule has 41 heavy (non-hydrogen) atoms. The van der Waals surface area contributed by atoms with E-state index in [1.54, 1.807) is 0 Å². The van der Waals surface area contributed by atoms with E-state index in [9.17, 15) is 20.1 Å². The number of hydrogen-bond donors (Lipinski definition) is 3. The molecule has 1 fully saturated rings. The lowest BCUT2D eigenvalue weighted by Crippen LogP contribution is -2.31. The van der Waals surface area contributed by atoms with E-state index in [0.29, 0.717) is 19.3 Å². The maximum absolute atomic E-state index is 11.6. The van der Waals surface area contributed by atoms with Gasteiger partial charge in [-0.2, -0.15) is 0 Å². The summed E-state index contributed by atoms with van der Waals surface area (Å²) in [6.45, 7) is 4.16. The van der Waals surface area contributed by atoms with Crippen LogP contribution in [0.1, 0.15) is 168 Å². The van der Waals surface area contributed by atoms with Crippen LogP contribution in [0.25, 0.3) is 0 Å². The molecule has 6 atom stereocenters. The number of hydrogen-bond acceptors (Lipinski definition) is 6. The van der Waals surface area contributed by atoms with E-state index in [4.69, 9.17) is 9.47 Å². The average Bonchev–Trinajstić information content (AvgIpc) is 3.56. The Balaban J connectivity index is 1.40. The Morgan fingerprint density at radius 2 is 1.29 bits per heavy atom. The third-order valence-corrected chi connectivity index (χ3v) is 9.09. The summed E-state index contributed by atoms with van der Waals surface area (Å²) in [6, 6.07) is 0. The van der Waals surface area contributed by atoms with E-state index in [-0.39, 0.29) is 24.3 Å². The number of rotatable bonds is 26. The number of esters is 1. The molecular weight excluding hydrogens is 516 g/mol. The molecule has 0 aromatic heterocycles. The minimum atomic E-state index is -0.770. The van der Waals surface area contributed by atoms with E-state index in [2.05, 4.69) is 6.92 Å². The molecule has 0 aliphatic carbocycles. The van der Waals surface area contributed by atoms with Crippen molar-refractivity contribution in [3.05, 3.63) is 11.6 Å². The Kier molecular flexibility index (Phi) is 20.0. The van der Waals surface area contributed by atoms with E-state index in [1.165, 1.54) is 64.2 Å². The van der Waals surface area contributed by atoms with Crippen molar-refractivity contribution in [1.29, 1.82) is 0 Å². The second-order valence-electron chi connectivity index (χ2n) is 12.9. The molecule has 0 aromatic rings. The summed E-state index contributed by atoms with van der Waals surface area (Å²) in [5, 5.41) is 31.4. The third kappa shape index (κ3) is 16.5. The SMILES string of the molecule is CCCCCCCCCCCCCCC(O)C(O)CCC(O)C1CCC(CCCCCCCC2=CC(C)OC2=O)O1. The van der Waals surface area contributed by atoms with Crippen molar-refractivity contribution >= 4 is 5.97 Å². The fourth-order valence-corrected chi connectivity index (χ4v) is 6.37. The average molecular weight is 581 g/mol. The van der Waals surface area contributed by atoms with Crippen LogP contribution in [0.4, 0.5) is 0 Å². The third-order valence-electron chi connectivity index (χ3n) is 9.09. The number of carbonyl (C=O) groups excluding carboxylic acids is 1. The largest absolute Gasteiger partial charge is 0.455 e. The number of unbranched alkanes of at least 4 members (excludes halogenated alkanes) is 15. The second-order valence-corrected chi connectivity index (χ2v) is 12.9. The Bertz CT molecular complexity index is 694. The van der Waals surface area contributed by atoms with Crippen molar-refractivity contribution in [2.45, 2.75) is 205 Å². The fourth-order valence-electron chi connectivity index (χ4n) is 6.37. The smallest absolute Gasteiger partial charge is 0.334 e. The van der Waals surface area contributed by atoms with Gasteiger partial charge in [-0.3, -0.25) is 0 Å². The van der Waals surface area contributed by atoms with Crippen LogP contribution in [0, 0.1) is 0 Å². The van der Waals surface area contributed by atoms with Crippen LogP contribution in [0.3, 0.4) is 0 Å². The molecule has 0 spiro atoms. The summed E-state index contributed by atoms with van der Waals surface area (Å²) >= 11 is 0. The van der Waals surface area contributed by atoms with Gasteiger partial charge in [-0.15, -0.1) is 0 Å². The van der Waals surface area contributed by atoms with Crippen LogP contribution in [-0.2, 0) is 14.3 Å². The van der Waals surface area contributed by atoms with Gasteiger partial charge in [0.05, 0.1) is 30.5 Å². The molecule has 1 saturated heterocycles. The summed E-state index contributed by atoms with van der Waals surface area (Å²) in [6.07, 6.45) is 26.2. The first-order valence-electron chi connectivity index (χ1n) is 17.5. The van der Waals surface area contributed by atoms with Crippen molar-refractivity contribution in [3.63, 3.8) is 0 Å². The van der Waals surface area contributed by atoms with Crippen LogP contribution in [0.2, 0.25) is 0 Å². The second kappa shape index (κ2) is 22.6. The van der Waals surface area contributed by atoms with E-state index >= 15 is 0 Å². The Labute approximate surface area is 251 Å². The molecule has 0 amide bonds. The minimum Gasteiger partial charge on any atom is -0.455 e. The summed E-state index contributed by atoms with van der Waals surface area (Å²) in [5.41, 5.74) is 0.836. The predicted molar refractivity (Wildman–Crippen MR) is 167 cm³/mol. The number of ether oxygens (including phenoxy) is 2. The molecule has 6 unspecified atom stereocenters.